The largest absolute Gasteiger partial charge is 0.508 e. The Morgan fingerprint density at radius 3 is 2.44 bits per heavy atom. The van der Waals surface area contributed by atoms with Gasteiger partial charge in [-0.1, -0.05) is 47.6 Å². The van der Waals surface area contributed by atoms with Gasteiger partial charge in [-0.15, -0.1) is 0 Å². The van der Waals surface area contributed by atoms with Crippen LogP contribution in [0.15, 0.2) is 59.8 Å². The van der Waals surface area contributed by atoms with E-state index in [2.05, 4.69) is 5.16 Å². The number of oxime groups is 1. The van der Waals surface area contributed by atoms with Crippen LogP contribution in [0.1, 0.15) is 23.7 Å². The van der Waals surface area contributed by atoms with Crippen molar-refractivity contribution >= 4 is 5.71 Å². The smallest absolute Gasteiger partial charge is 0.158 e. The summed E-state index contributed by atoms with van der Waals surface area (Å²) in [5, 5.41) is 13.4. The minimum Gasteiger partial charge on any atom is -0.508 e. The lowest BCUT2D eigenvalue weighted by Crippen LogP contribution is -2.01. The van der Waals surface area contributed by atoms with E-state index in [4.69, 9.17) is 4.84 Å². The summed E-state index contributed by atoms with van der Waals surface area (Å²) in [5.41, 5.74) is 3.09. The second-order valence-corrected chi connectivity index (χ2v) is 4.29. The maximum atomic E-state index is 9.26. The molecule has 1 unspecified atom stereocenters. The van der Waals surface area contributed by atoms with Crippen LogP contribution in [0.5, 0.6) is 5.75 Å². The normalized spacial score (nSPS) is 18.2. The Hall–Kier alpha value is -2.29. The third-order valence-corrected chi connectivity index (χ3v) is 3.04. The van der Waals surface area contributed by atoms with Gasteiger partial charge in [0.2, 0.25) is 0 Å². The van der Waals surface area contributed by atoms with Crippen molar-refractivity contribution in [3.8, 4) is 5.75 Å². The molecular formula is C15H13NO2. The summed E-state index contributed by atoms with van der Waals surface area (Å²) in [4.78, 5) is 5.45. The van der Waals surface area contributed by atoms with Crippen molar-refractivity contribution in [3.05, 3.63) is 65.7 Å². The monoisotopic (exact) mass is 239 g/mol. The van der Waals surface area contributed by atoms with Crippen LogP contribution in [0, 0.1) is 0 Å². The Morgan fingerprint density at radius 2 is 1.72 bits per heavy atom. The summed E-state index contributed by atoms with van der Waals surface area (Å²) in [6, 6.07) is 17.1. The average molecular weight is 239 g/mol. The third-order valence-electron chi connectivity index (χ3n) is 3.04. The third kappa shape index (κ3) is 2.07. The van der Waals surface area contributed by atoms with E-state index in [0.717, 1.165) is 23.3 Å². The maximum absolute atomic E-state index is 9.26. The van der Waals surface area contributed by atoms with Crippen LogP contribution >= 0.6 is 0 Å². The van der Waals surface area contributed by atoms with Gasteiger partial charge in [0.25, 0.3) is 0 Å². The van der Waals surface area contributed by atoms with Crippen molar-refractivity contribution in [1.29, 1.82) is 0 Å². The fourth-order valence-electron chi connectivity index (χ4n) is 2.05. The Labute approximate surface area is 105 Å². The van der Waals surface area contributed by atoms with E-state index in [1.807, 2.05) is 42.5 Å². The molecule has 90 valence electrons. The van der Waals surface area contributed by atoms with E-state index in [0.29, 0.717) is 0 Å². The van der Waals surface area contributed by atoms with Crippen LogP contribution in [0.2, 0.25) is 0 Å². The molecule has 0 spiro atoms. The first-order chi connectivity index (χ1) is 8.83. The molecule has 0 saturated heterocycles. The van der Waals surface area contributed by atoms with Crippen LogP contribution in [0.3, 0.4) is 0 Å². The van der Waals surface area contributed by atoms with Crippen molar-refractivity contribution < 1.29 is 9.94 Å². The Morgan fingerprint density at radius 1 is 1.00 bits per heavy atom. The summed E-state index contributed by atoms with van der Waals surface area (Å²) in [6.45, 7) is 0. The van der Waals surface area contributed by atoms with Crippen LogP contribution < -0.4 is 0 Å². The molecule has 1 aliphatic rings. The summed E-state index contributed by atoms with van der Waals surface area (Å²) >= 11 is 0. The molecule has 1 atom stereocenters. The fraction of sp³-hybridized carbons (Fsp3) is 0.133. The first kappa shape index (κ1) is 10.8. The van der Waals surface area contributed by atoms with Gasteiger partial charge >= 0.3 is 0 Å². The zero-order valence-electron chi connectivity index (χ0n) is 9.78. The lowest BCUT2D eigenvalue weighted by atomic mass is 10.0. The highest BCUT2D eigenvalue weighted by atomic mass is 16.6. The molecule has 0 amide bonds. The van der Waals surface area contributed by atoms with E-state index in [1.165, 1.54) is 0 Å². The van der Waals surface area contributed by atoms with Crippen molar-refractivity contribution in [2.75, 3.05) is 0 Å². The topological polar surface area (TPSA) is 41.8 Å². The molecule has 0 bridgehead atoms. The van der Waals surface area contributed by atoms with Crippen LogP contribution in [-0.4, -0.2) is 10.8 Å². The minimum atomic E-state index is -0.0548. The number of hydrogen-bond donors (Lipinski definition) is 1. The molecule has 0 aromatic heterocycles. The molecule has 3 heteroatoms. The molecule has 0 aliphatic carbocycles. The van der Waals surface area contributed by atoms with Crippen LogP contribution in [-0.2, 0) is 4.84 Å². The number of rotatable bonds is 2. The Balaban J connectivity index is 1.76. The Bertz CT molecular complexity index is 561. The summed E-state index contributed by atoms with van der Waals surface area (Å²) in [7, 11) is 0. The maximum Gasteiger partial charge on any atom is 0.158 e. The SMILES string of the molecule is Oc1ccc(C2CC(c3ccccc3)=NO2)cc1. The van der Waals surface area contributed by atoms with Crippen molar-refractivity contribution in [1.82, 2.24) is 0 Å². The molecule has 2 aromatic carbocycles. The first-order valence-corrected chi connectivity index (χ1v) is 5.90. The molecule has 3 nitrogen and oxygen atoms in total. The summed E-state index contributed by atoms with van der Waals surface area (Å²) in [6.07, 6.45) is 0.704. The molecule has 0 saturated carbocycles. The lowest BCUT2D eigenvalue weighted by Gasteiger charge is -2.08. The van der Waals surface area contributed by atoms with E-state index in [1.54, 1.807) is 12.1 Å². The summed E-state index contributed by atoms with van der Waals surface area (Å²) < 4.78 is 0. The van der Waals surface area contributed by atoms with Gasteiger partial charge in [-0.2, -0.15) is 0 Å². The van der Waals surface area contributed by atoms with E-state index < -0.39 is 0 Å². The van der Waals surface area contributed by atoms with Gasteiger partial charge in [0.15, 0.2) is 6.10 Å². The lowest BCUT2D eigenvalue weighted by molar-refractivity contribution is 0.0857. The number of phenolic OH excluding ortho intramolecular Hbond substituents is 1. The highest BCUT2D eigenvalue weighted by Gasteiger charge is 2.23. The zero-order valence-corrected chi connectivity index (χ0v) is 9.78. The van der Waals surface area contributed by atoms with Crippen molar-refractivity contribution in [2.24, 2.45) is 5.16 Å². The standard InChI is InChI=1S/C15H13NO2/c17-13-8-6-12(7-9-13)15-10-14(16-18-15)11-4-2-1-3-5-11/h1-9,15,17H,10H2. The fourth-order valence-corrected chi connectivity index (χ4v) is 2.05. The second-order valence-electron chi connectivity index (χ2n) is 4.29. The van der Waals surface area contributed by atoms with Crippen LogP contribution in [0.25, 0.3) is 0 Å². The molecule has 18 heavy (non-hydrogen) atoms. The van der Waals surface area contributed by atoms with Gasteiger partial charge in [-0.25, -0.2) is 0 Å². The van der Waals surface area contributed by atoms with Gasteiger partial charge < -0.3 is 9.94 Å². The molecule has 1 aliphatic heterocycles. The van der Waals surface area contributed by atoms with Gasteiger partial charge in [0.1, 0.15) is 5.75 Å². The molecule has 3 rings (SSSR count). The number of nitrogens with zero attached hydrogens (tertiary/aromatic N) is 1. The van der Waals surface area contributed by atoms with Crippen LogP contribution in [0.4, 0.5) is 0 Å². The second kappa shape index (κ2) is 4.53. The molecular weight excluding hydrogens is 226 g/mol. The minimum absolute atomic E-state index is 0.0548. The van der Waals surface area contributed by atoms with E-state index >= 15 is 0 Å². The highest BCUT2D eigenvalue weighted by molar-refractivity contribution is 6.01. The molecule has 1 heterocycles. The van der Waals surface area contributed by atoms with Gasteiger partial charge in [0, 0.05) is 6.42 Å². The average Bonchev–Trinajstić information content (AvgIpc) is 2.90. The van der Waals surface area contributed by atoms with E-state index in [-0.39, 0.29) is 11.9 Å². The predicted octanol–water partition coefficient (Wildman–Crippen LogP) is 3.26. The molecule has 0 fully saturated rings. The number of aromatic hydroxyl groups is 1. The van der Waals surface area contributed by atoms with E-state index in [9.17, 15) is 5.11 Å². The van der Waals surface area contributed by atoms with Crippen molar-refractivity contribution in [2.45, 2.75) is 12.5 Å². The predicted molar refractivity (Wildman–Crippen MR) is 69.5 cm³/mol. The quantitative estimate of drug-likeness (QED) is 0.874. The molecule has 0 radical (unpaired) electrons. The van der Waals surface area contributed by atoms with Gasteiger partial charge in [-0.3, -0.25) is 0 Å². The first-order valence-electron chi connectivity index (χ1n) is 5.90. The van der Waals surface area contributed by atoms with Crippen molar-refractivity contribution in [3.63, 3.8) is 0 Å². The summed E-state index contributed by atoms with van der Waals surface area (Å²) in [5.74, 6) is 0.265. The Kier molecular flexibility index (Phi) is 2.73. The number of phenols is 1. The van der Waals surface area contributed by atoms with Gasteiger partial charge in [0.05, 0.1) is 5.71 Å². The molecule has 1 N–H and O–H groups in total. The zero-order chi connectivity index (χ0) is 12.4. The highest BCUT2D eigenvalue weighted by Crippen LogP contribution is 2.30. The molecule has 2 aromatic rings. The van der Waals surface area contributed by atoms with Gasteiger partial charge in [-0.05, 0) is 23.3 Å². The number of hydrogen-bond acceptors (Lipinski definition) is 3. The number of benzene rings is 2.